The number of carbonyl (C=O) groups is 3. The van der Waals surface area contributed by atoms with Crippen LogP contribution >= 0.6 is 11.6 Å². The number of nitrogens with zero attached hydrogens (tertiary/aromatic N) is 1. The predicted octanol–water partition coefficient (Wildman–Crippen LogP) is 7.11. The molecule has 0 unspecified atom stereocenters. The van der Waals surface area contributed by atoms with Gasteiger partial charge >= 0.3 is 0 Å². The maximum absolute atomic E-state index is 14.9. The number of nitrogens with one attached hydrogen (secondary N) is 1. The number of ether oxygens (including phenoxy) is 1. The van der Waals surface area contributed by atoms with Crippen LogP contribution in [0.3, 0.4) is 0 Å². The van der Waals surface area contributed by atoms with Crippen LogP contribution < -0.4 is 10.1 Å². The lowest BCUT2D eigenvalue weighted by Gasteiger charge is -2.38. The number of para-hydroxylation sites is 1. The van der Waals surface area contributed by atoms with Crippen LogP contribution in [0.2, 0.25) is 5.02 Å². The number of amides is 1. The molecule has 0 bridgehead atoms. The van der Waals surface area contributed by atoms with E-state index in [9.17, 15) is 14.4 Å². The Morgan fingerprint density at radius 2 is 1.51 bits per heavy atom. The van der Waals surface area contributed by atoms with Crippen molar-refractivity contribution in [3.63, 3.8) is 0 Å². The van der Waals surface area contributed by atoms with Crippen molar-refractivity contribution in [2.24, 2.45) is 5.92 Å². The van der Waals surface area contributed by atoms with Crippen LogP contribution in [0, 0.1) is 5.92 Å². The minimum atomic E-state index is -1.38. The Kier molecular flexibility index (Phi) is 6.47. The molecule has 4 aromatic carbocycles. The Labute approximate surface area is 254 Å². The number of Topliss-reactive ketones (excluding diaryl/α,β-unsaturated/α-hetero) is 2. The number of benzene rings is 4. The normalized spacial score (nSPS) is 23.1. The fourth-order valence-electron chi connectivity index (χ4n) is 7.10. The standard InChI is InChI=1S/C36H29ClN2O4/c1-21(2)43-26-17-13-23(14-18-26)32(40)30-31(33(41)24-11-15-25(37)16-12-24)39-20-19-22-7-3-4-8-27(22)34(39)36(30)28-9-5-6-10-29(28)38-35(36)42/h3-21,30-31,34H,1-2H3,(H,38,42)/t30-,31+,34-,36-/m1/s1. The Balaban J connectivity index is 1.48. The van der Waals surface area contributed by atoms with Crippen LogP contribution in [0.15, 0.2) is 103 Å². The number of carbonyl (C=O) groups excluding carboxylic acids is 3. The van der Waals surface area contributed by atoms with Crippen LogP contribution in [0.25, 0.3) is 6.08 Å². The van der Waals surface area contributed by atoms with E-state index in [2.05, 4.69) is 5.32 Å². The van der Waals surface area contributed by atoms with Gasteiger partial charge in [-0.05, 0) is 91.2 Å². The van der Waals surface area contributed by atoms with E-state index in [0.717, 1.165) is 11.1 Å². The van der Waals surface area contributed by atoms with Gasteiger partial charge in [-0.3, -0.25) is 14.4 Å². The van der Waals surface area contributed by atoms with Gasteiger partial charge in [0.15, 0.2) is 11.6 Å². The molecule has 43 heavy (non-hydrogen) atoms. The number of fused-ring (bicyclic) bond motifs is 6. The molecule has 3 aliphatic rings. The minimum absolute atomic E-state index is 0.0255. The summed E-state index contributed by atoms with van der Waals surface area (Å²) in [5.41, 5.74) is 2.64. The fraction of sp³-hybridized carbons (Fsp3) is 0.194. The Bertz CT molecular complexity index is 1800. The molecule has 4 atom stereocenters. The van der Waals surface area contributed by atoms with E-state index in [4.69, 9.17) is 16.3 Å². The lowest BCUT2D eigenvalue weighted by atomic mass is 9.62. The highest BCUT2D eigenvalue weighted by Crippen LogP contribution is 2.62. The van der Waals surface area contributed by atoms with Gasteiger partial charge in [-0.1, -0.05) is 54.1 Å². The van der Waals surface area contributed by atoms with E-state index < -0.39 is 23.4 Å². The molecule has 214 valence electrons. The van der Waals surface area contributed by atoms with E-state index in [0.29, 0.717) is 33.1 Å². The molecule has 7 heteroatoms. The quantitative estimate of drug-likeness (QED) is 0.243. The molecular formula is C36H29ClN2O4. The molecule has 4 aromatic rings. The van der Waals surface area contributed by atoms with Gasteiger partial charge in [0.05, 0.1) is 18.1 Å². The van der Waals surface area contributed by atoms with Crippen molar-refractivity contribution >= 4 is 40.8 Å². The summed E-state index contributed by atoms with van der Waals surface area (Å²) in [7, 11) is 0. The van der Waals surface area contributed by atoms with Crippen molar-refractivity contribution in [2.75, 3.05) is 5.32 Å². The molecule has 1 spiro atoms. The molecule has 7 rings (SSSR count). The van der Waals surface area contributed by atoms with Crippen molar-refractivity contribution in [1.29, 1.82) is 0 Å². The molecule has 0 aliphatic carbocycles. The molecule has 0 radical (unpaired) electrons. The molecule has 1 saturated heterocycles. The molecule has 3 heterocycles. The highest BCUT2D eigenvalue weighted by atomic mass is 35.5. The minimum Gasteiger partial charge on any atom is -0.491 e. The third-order valence-electron chi connectivity index (χ3n) is 8.76. The van der Waals surface area contributed by atoms with Crippen molar-refractivity contribution < 1.29 is 19.1 Å². The van der Waals surface area contributed by atoms with Gasteiger partial charge in [-0.2, -0.15) is 0 Å². The van der Waals surface area contributed by atoms with E-state index in [-0.39, 0.29) is 23.6 Å². The van der Waals surface area contributed by atoms with Crippen LogP contribution in [0.1, 0.15) is 57.3 Å². The fourth-order valence-corrected chi connectivity index (χ4v) is 7.23. The smallest absolute Gasteiger partial charge is 0.238 e. The van der Waals surface area contributed by atoms with Crippen molar-refractivity contribution in [3.05, 3.63) is 136 Å². The van der Waals surface area contributed by atoms with Gasteiger partial charge in [0.1, 0.15) is 17.2 Å². The van der Waals surface area contributed by atoms with Gasteiger partial charge in [0.2, 0.25) is 5.91 Å². The Hall–Kier alpha value is -4.68. The zero-order valence-electron chi connectivity index (χ0n) is 23.7. The molecule has 3 aliphatic heterocycles. The average molecular weight is 589 g/mol. The summed E-state index contributed by atoms with van der Waals surface area (Å²) in [4.78, 5) is 45.9. The first-order chi connectivity index (χ1) is 20.8. The van der Waals surface area contributed by atoms with Crippen molar-refractivity contribution in [3.8, 4) is 5.75 Å². The first-order valence-electron chi connectivity index (χ1n) is 14.4. The number of anilines is 1. The lowest BCUT2D eigenvalue weighted by Crippen LogP contribution is -2.49. The molecule has 1 N–H and O–H groups in total. The van der Waals surface area contributed by atoms with Crippen molar-refractivity contribution in [1.82, 2.24) is 4.90 Å². The predicted molar refractivity (Wildman–Crippen MR) is 166 cm³/mol. The van der Waals surface area contributed by atoms with Gasteiger partial charge in [-0.25, -0.2) is 0 Å². The van der Waals surface area contributed by atoms with Gasteiger partial charge in [0, 0.05) is 28.0 Å². The molecule has 6 nitrogen and oxygen atoms in total. The lowest BCUT2D eigenvalue weighted by molar-refractivity contribution is -0.122. The zero-order valence-corrected chi connectivity index (χ0v) is 24.4. The molecular weight excluding hydrogens is 560 g/mol. The second-order valence-corrected chi connectivity index (χ2v) is 11.9. The first kappa shape index (κ1) is 27.2. The Morgan fingerprint density at radius 3 is 2.26 bits per heavy atom. The van der Waals surface area contributed by atoms with E-state index in [1.54, 1.807) is 48.5 Å². The van der Waals surface area contributed by atoms with E-state index >= 15 is 0 Å². The van der Waals surface area contributed by atoms with Crippen LogP contribution in [-0.2, 0) is 10.2 Å². The number of ketones is 2. The van der Waals surface area contributed by atoms with Gasteiger partial charge in [-0.15, -0.1) is 0 Å². The molecule has 0 aromatic heterocycles. The summed E-state index contributed by atoms with van der Waals surface area (Å²) in [5, 5.41) is 3.58. The third kappa shape index (κ3) is 4.12. The SMILES string of the molecule is CC(C)Oc1ccc(C(=O)[C@H]2[C@@H](C(=O)c3ccc(Cl)cc3)N3C=Cc4ccccc4[C@@H]3[C@]23C(=O)Nc2ccccc23)cc1. The summed E-state index contributed by atoms with van der Waals surface area (Å²) in [6, 6.07) is 27.4. The largest absolute Gasteiger partial charge is 0.491 e. The number of rotatable bonds is 6. The second kappa shape index (κ2) is 10.2. The first-order valence-corrected chi connectivity index (χ1v) is 14.7. The Morgan fingerprint density at radius 1 is 0.860 bits per heavy atom. The number of halogens is 1. The monoisotopic (exact) mass is 588 g/mol. The topological polar surface area (TPSA) is 75.7 Å². The van der Waals surface area contributed by atoms with Gasteiger partial charge < -0.3 is 15.0 Å². The molecule has 1 fully saturated rings. The molecule has 0 saturated carbocycles. The summed E-state index contributed by atoms with van der Waals surface area (Å²) < 4.78 is 5.82. The van der Waals surface area contributed by atoms with Crippen LogP contribution in [-0.4, -0.2) is 34.5 Å². The number of hydrogen-bond acceptors (Lipinski definition) is 5. The summed E-state index contributed by atoms with van der Waals surface area (Å²) in [6.07, 6.45) is 3.79. The van der Waals surface area contributed by atoms with E-state index in [1.165, 1.54) is 0 Å². The average Bonchev–Trinajstić information content (AvgIpc) is 3.49. The highest BCUT2D eigenvalue weighted by molar-refractivity contribution is 6.30. The third-order valence-corrected chi connectivity index (χ3v) is 9.01. The maximum atomic E-state index is 14.9. The van der Waals surface area contributed by atoms with Crippen LogP contribution in [0.5, 0.6) is 5.75 Å². The van der Waals surface area contributed by atoms with Crippen LogP contribution in [0.4, 0.5) is 5.69 Å². The van der Waals surface area contributed by atoms with Crippen molar-refractivity contribution in [2.45, 2.75) is 37.5 Å². The molecule has 1 amide bonds. The summed E-state index contributed by atoms with van der Waals surface area (Å²) in [5.74, 6) is -1.23. The number of hydrogen-bond donors (Lipinski definition) is 1. The zero-order chi connectivity index (χ0) is 29.9. The summed E-state index contributed by atoms with van der Waals surface area (Å²) >= 11 is 6.17. The highest BCUT2D eigenvalue weighted by Gasteiger charge is 2.70. The maximum Gasteiger partial charge on any atom is 0.238 e. The van der Waals surface area contributed by atoms with Gasteiger partial charge in [0.25, 0.3) is 0 Å². The summed E-state index contributed by atoms with van der Waals surface area (Å²) in [6.45, 7) is 3.87. The second-order valence-electron chi connectivity index (χ2n) is 11.5. The van der Waals surface area contributed by atoms with E-state index in [1.807, 2.05) is 79.6 Å².